The summed E-state index contributed by atoms with van der Waals surface area (Å²) in [5, 5.41) is 7.07. The smallest absolute Gasteiger partial charge is 0.258 e. The summed E-state index contributed by atoms with van der Waals surface area (Å²) in [6.45, 7) is 1.81. The van der Waals surface area contributed by atoms with Gasteiger partial charge in [0.2, 0.25) is 0 Å². The van der Waals surface area contributed by atoms with Crippen LogP contribution in [0.3, 0.4) is 0 Å². The van der Waals surface area contributed by atoms with Crippen LogP contribution in [-0.4, -0.2) is 28.2 Å². The highest BCUT2D eigenvalue weighted by Crippen LogP contribution is 2.40. The maximum Gasteiger partial charge on any atom is 0.258 e. The highest BCUT2D eigenvalue weighted by atomic mass is 35.5. The van der Waals surface area contributed by atoms with Crippen molar-refractivity contribution in [2.24, 2.45) is 0 Å². The van der Waals surface area contributed by atoms with Crippen molar-refractivity contribution in [3.63, 3.8) is 0 Å². The molecule has 3 heterocycles. The Morgan fingerprint density at radius 1 is 1.00 bits per heavy atom. The molecule has 0 bridgehead atoms. The van der Waals surface area contributed by atoms with Gasteiger partial charge < -0.3 is 15.5 Å². The lowest BCUT2D eigenvalue weighted by molar-refractivity contribution is -0.108. The van der Waals surface area contributed by atoms with Gasteiger partial charge in [0.15, 0.2) is 0 Å². The minimum absolute atomic E-state index is 0.122. The first kappa shape index (κ1) is 22.6. The van der Waals surface area contributed by atoms with Gasteiger partial charge in [-0.2, -0.15) is 0 Å². The van der Waals surface area contributed by atoms with Gasteiger partial charge in [0, 0.05) is 47.3 Å². The van der Waals surface area contributed by atoms with Crippen molar-refractivity contribution in [3.05, 3.63) is 102 Å². The lowest BCUT2D eigenvalue weighted by Gasteiger charge is -2.22. The molecule has 1 amide bonds. The number of allylic oxidation sites excluding steroid dienone is 1. The van der Waals surface area contributed by atoms with Crippen LogP contribution in [0.4, 0.5) is 17.1 Å². The zero-order chi connectivity index (χ0) is 24.5. The molecule has 0 aliphatic carbocycles. The van der Waals surface area contributed by atoms with Gasteiger partial charge in [-0.15, -0.1) is 0 Å². The number of hydrogen-bond acceptors (Lipinski definition) is 6. The van der Waals surface area contributed by atoms with Gasteiger partial charge in [-0.1, -0.05) is 24.3 Å². The number of nitrogens with zero attached hydrogens (tertiary/aromatic N) is 3. The Kier molecular flexibility index (Phi) is 5.93. The molecular formula is C27H22ClN5O2. The summed E-state index contributed by atoms with van der Waals surface area (Å²) >= 11 is 6.09. The average Bonchev–Trinajstić information content (AvgIpc) is 3.03. The third-order valence-corrected chi connectivity index (χ3v) is 6.32. The van der Waals surface area contributed by atoms with Crippen LogP contribution >= 0.6 is 11.6 Å². The predicted octanol–water partition coefficient (Wildman–Crippen LogP) is 5.52. The van der Waals surface area contributed by atoms with E-state index in [1.807, 2.05) is 55.5 Å². The van der Waals surface area contributed by atoms with Crippen LogP contribution in [0.5, 0.6) is 0 Å². The molecule has 2 aromatic carbocycles. The predicted molar refractivity (Wildman–Crippen MR) is 139 cm³/mol. The molecule has 35 heavy (non-hydrogen) atoms. The molecule has 0 radical (unpaired) electrons. The number of pyridine rings is 2. The summed E-state index contributed by atoms with van der Waals surface area (Å²) in [6.07, 6.45) is 5.11. The van der Waals surface area contributed by atoms with Gasteiger partial charge in [0.1, 0.15) is 0 Å². The number of carbonyl (C=O) groups is 2. The number of carbonyl (C=O) groups excluding carboxylic acids is 2. The van der Waals surface area contributed by atoms with Crippen LogP contribution in [0.25, 0.3) is 10.9 Å². The number of amides is 1. The van der Waals surface area contributed by atoms with E-state index in [0.29, 0.717) is 22.5 Å². The van der Waals surface area contributed by atoms with E-state index in [4.69, 9.17) is 11.6 Å². The van der Waals surface area contributed by atoms with E-state index in [0.717, 1.165) is 27.8 Å². The summed E-state index contributed by atoms with van der Waals surface area (Å²) in [7, 11) is 1.73. The Hall–Kier alpha value is -4.23. The molecule has 1 aliphatic rings. The third kappa shape index (κ3) is 4.22. The van der Waals surface area contributed by atoms with E-state index in [-0.39, 0.29) is 5.91 Å². The summed E-state index contributed by atoms with van der Waals surface area (Å²) < 4.78 is 0. The van der Waals surface area contributed by atoms with Gasteiger partial charge in [-0.05, 0) is 54.9 Å². The standard InChI is InChI=1S/C27H22ClN5O2/c1-16-24(26(28)34)25(20-14-29-15-23-19(20)9-6-12-30-23)32-21-11-10-18(13-22(21)31-16)33(2)27(35)17-7-4-3-5-8-17/h3-15,25,31-32H,1-2H3. The summed E-state index contributed by atoms with van der Waals surface area (Å²) in [5.41, 5.74) is 5.28. The third-order valence-electron chi connectivity index (χ3n) is 6.11. The van der Waals surface area contributed by atoms with Crippen LogP contribution in [-0.2, 0) is 4.79 Å². The molecule has 2 aromatic heterocycles. The highest BCUT2D eigenvalue weighted by Gasteiger charge is 2.30. The first-order valence-corrected chi connectivity index (χ1v) is 11.4. The zero-order valence-electron chi connectivity index (χ0n) is 19.1. The topological polar surface area (TPSA) is 87.2 Å². The first-order chi connectivity index (χ1) is 16.9. The van der Waals surface area contributed by atoms with Crippen molar-refractivity contribution in [2.45, 2.75) is 13.0 Å². The quantitative estimate of drug-likeness (QED) is 0.371. The van der Waals surface area contributed by atoms with Crippen molar-refractivity contribution in [1.29, 1.82) is 0 Å². The number of fused-ring (bicyclic) bond motifs is 2. The Labute approximate surface area is 207 Å². The van der Waals surface area contributed by atoms with E-state index < -0.39 is 11.3 Å². The van der Waals surface area contributed by atoms with Crippen molar-refractivity contribution in [3.8, 4) is 0 Å². The van der Waals surface area contributed by atoms with Crippen LogP contribution in [0.2, 0.25) is 0 Å². The highest BCUT2D eigenvalue weighted by molar-refractivity contribution is 6.68. The van der Waals surface area contributed by atoms with Crippen molar-refractivity contribution in [1.82, 2.24) is 9.97 Å². The maximum absolute atomic E-state index is 13.0. The normalized spacial score (nSPS) is 15.0. The Morgan fingerprint density at radius 3 is 2.57 bits per heavy atom. The lowest BCUT2D eigenvalue weighted by Crippen LogP contribution is -2.26. The van der Waals surface area contributed by atoms with Crippen LogP contribution < -0.4 is 15.5 Å². The fourth-order valence-corrected chi connectivity index (χ4v) is 4.57. The molecule has 0 fully saturated rings. The second kappa shape index (κ2) is 9.19. The van der Waals surface area contributed by atoms with Gasteiger partial charge >= 0.3 is 0 Å². The van der Waals surface area contributed by atoms with Crippen LogP contribution in [0.15, 0.2) is 90.5 Å². The zero-order valence-corrected chi connectivity index (χ0v) is 19.9. The summed E-state index contributed by atoms with van der Waals surface area (Å²) in [6, 6.07) is 18.0. The number of rotatable bonds is 4. The molecule has 5 rings (SSSR count). The minimum Gasteiger partial charge on any atom is -0.372 e. The van der Waals surface area contributed by atoms with Crippen LogP contribution in [0.1, 0.15) is 28.9 Å². The number of aromatic nitrogens is 2. The number of nitrogens with one attached hydrogen (secondary N) is 2. The summed E-state index contributed by atoms with van der Waals surface area (Å²) in [4.78, 5) is 35.9. The van der Waals surface area contributed by atoms with Gasteiger partial charge in [0.25, 0.3) is 11.1 Å². The number of benzene rings is 2. The Morgan fingerprint density at radius 2 is 1.80 bits per heavy atom. The molecule has 1 atom stereocenters. The minimum atomic E-state index is -0.571. The van der Waals surface area contributed by atoms with E-state index >= 15 is 0 Å². The molecule has 2 N–H and O–H groups in total. The van der Waals surface area contributed by atoms with E-state index in [9.17, 15) is 9.59 Å². The summed E-state index contributed by atoms with van der Waals surface area (Å²) in [5.74, 6) is -0.122. The molecule has 1 aliphatic heterocycles. The second-order valence-electron chi connectivity index (χ2n) is 8.27. The fourth-order valence-electron chi connectivity index (χ4n) is 4.32. The van der Waals surface area contributed by atoms with E-state index in [1.54, 1.807) is 42.7 Å². The van der Waals surface area contributed by atoms with E-state index in [2.05, 4.69) is 20.6 Å². The molecular weight excluding hydrogens is 462 g/mol. The number of hydrogen-bond donors (Lipinski definition) is 2. The Balaban J connectivity index is 1.57. The molecule has 4 aromatic rings. The largest absolute Gasteiger partial charge is 0.372 e. The lowest BCUT2D eigenvalue weighted by atomic mass is 9.96. The first-order valence-electron chi connectivity index (χ1n) is 11.0. The molecule has 0 spiro atoms. The van der Waals surface area contributed by atoms with Crippen molar-refractivity contribution < 1.29 is 9.59 Å². The number of anilines is 3. The SMILES string of the molecule is CC1=C(C(=O)Cl)C(c2cncc3ncccc23)Nc2ccc(N(C)C(=O)c3ccccc3)cc2N1. The molecule has 174 valence electrons. The molecule has 8 heteroatoms. The van der Waals surface area contributed by atoms with Gasteiger partial charge in [-0.25, -0.2) is 0 Å². The van der Waals surface area contributed by atoms with Crippen LogP contribution in [0, 0.1) is 0 Å². The van der Waals surface area contributed by atoms with E-state index in [1.165, 1.54) is 0 Å². The molecule has 0 saturated heterocycles. The number of halogens is 1. The maximum atomic E-state index is 13.0. The van der Waals surface area contributed by atoms with Gasteiger partial charge in [0.05, 0.1) is 34.7 Å². The van der Waals surface area contributed by atoms with Crippen molar-refractivity contribution in [2.75, 3.05) is 22.6 Å². The van der Waals surface area contributed by atoms with Gasteiger partial charge in [-0.3, -0.25) is 19.6 Å². The molecule has 0 saturated carbocycles. The molecule has 1 unspecified atom stereocenters. The fraction of sp³-hybridized carbons (Fsp3) is 0.111. The average molecular weight is 484 g/mol. The second-order valence-corrected chi connectivity index (χ2v) is 8.62. The Bertz CT molecular complexity index is 1480. The molecule has 7 nitrogen and oxygen atoms in total. The monoisotopic (exact) mass is 483 g/mol. The van der Waals surface area contributed by atoms with Crippen molar-refractivity contribution >= 4 is 50.7 Å².